The van der Waals surface area contributed by atoms with Crippen molar-refractivity contribution in [2.24, 2.45) is 0 Å². The summed E-state index contributed by atoms with van der Waals surface area (Å²) in [5, 5.41) is 19.3. The lowest BCUT2D eigenvalue weighted by Crippen LogP contribution is -2.24. The van der Waals surface area contributed by atoms with Crippen LogP contribution in [0.3, 0.4) is 0 Å². The van der Waals surface area contributed by atoms with Crippen molar-refractivity contribution in [1.29, 1.82) is 0 Å². The lowest BCUT2D eigenvalue weighted by atomic mass is 10.2. The van der Waals surface area contributed by atoms with Crippen LogP contribution in [0.25, 0.3) is 5.69 Å². The number of carboxylic acids is 1. The predicted octanol–water partition coefficient (Wildman–Crippen LogP) is 2.14. The molecule has 3 aromatic rings. The molecule has 0 aliphatic carbocycles. The van der Waals surface area contributed by atoms with E-state index in [2.05, 4.69) is 10.2 Å². The van der Waals surface area contributed by atoms with Crippen molar-refractivity contribution in [3.05, 3.63) is 65.7 Å². The third kappa shape index (κ3) is 4.20. The first kappa shape index (κ1) is 17.9. The van der Waals surface area contributed by atoms with E-state index in [0.717, 1.165) is 17.3 Å². The van der Waals surface area contributed by atoms with Crippen molar-refractivity contribution in [1.82, 2.24) is 14.8 Å². The monoisotopic (exact) mass is 372 g/mol. The molecule has 8 heteroatoms. The van der Waals surface area contributed by atoms with Crippen LogP contribution < -0.4 is 9.84 Å². The highest BCUT2D eigenvalue weighted by Crippen LogP contribution is 2.24. The van der Waals surface area contributed by atoms with Gasteiger partial charge in [-0.15, -0.1) is 10.2 Å². The number of thioether (sulfide) groups is 1. The van der Waals surface area contributed by atoms with Crippen molar-refractivity contribution in [2.45, 2.75) is 18.7 Å². The number of aliphatic carboxylic acids is 1. The Hall–Kier alpha value is -2.87. The molecule has 1 heterocycles. The lowest BCUT2D eigenvalue weighted by molar-refractivity contribution is -0.301. The number of carbonyl (C=O) groups is 1. The quantitative estimate of drug-likeness (QED) is 0.591. The van der Waals surface area contributed by atoms with Gasteiger partial charge < -0.3 is 14.6 Å². The van der Waals surface area contributed by atoms with E-state index in [1.165, 1.54) is 12.1 Å². The van der Waals surface area contributed by atoms with Crippen molar-refractivity contribution in [3.8, 4) is 11.4 Å². The Morgan fingerprint density at radius 2 is 1.92 bits per heavy atom. The van der Waals surface area contributed by atoms with Gasteiger partial charge in [0.05, 0.1) is 5.97 Å². The van der Waals surface area contributed by atoms with E-state index < -0.39 is 5.97 Å². The van der Waals surface area contributed by atoms with Crippen molar-refractivity contribution >= 4 is 17.7 Å². The second kappa shape index (κ2) is 8.01. The van der Waals surface area contributed by atoms with Crippen LogP contribution in [-0.4, -0.2) is 26.5 Å². The number of carbonyl (C=O) groups excluding carboxylic acids is 1. The third-order valence-electron chi connectivity index (χ3n) is 3.55. The van der Waals surface area contributed by atoms with Gasteiger partial charge in [-0.1, -0.05) is 30.0 Å². The third-order valence-corrected chi connectivity index (χ3v) is 4.46. The molecule has 0 aliphatic heterocycles. The molecule has 3 rings (SSSR count). The maximum absolute atomic E-state index is 13.2. The van der Waals surface area contributed by atoms with Crippen molar-refractivity contribution < 1.29 is 19.0 Å². The fraction of sp³-hybridized carbons (Fsp3) is 0.167. The van der Waals surface area contributed by atoms with Crippen LogP contribution >= 0.6 is 11.8 Å². The molecule has 0 bridgehead atoms. The van der Waals surface area contributed by atoms with Gasteiger partial charge in [0.2, 0.25) is 0 Å². The zero-order chi connectivity index (χ0) is 18.5. The van der Waals surface area contributed by atoms with E-state index in [0.29, 0.717) is 22.4 Å². The maximum atomic E-state index is 13.2. The van der Waals surface area contributed by atoms with Crippen LogP contribution in [0.2, 0.25) is 0 Å². The molecule has 1 aromatic heterocycles. The zero-order valence-electron chi connectivity index (χ0n) is 13.9. The number of ether oxygens (including phenoxy) is 1. The number of nitrogens with zero attached hydrogens (tertiary/aromatic N) is 3. The van der Waals surface area contributed by atoms with Crippen molar-refractivity contribution in [3.63, 3.8) is 0 Å². The Morgan fingerprint density at radius 1 is 1.19 bits per heavy atom. The number of aromatic nitrogens is 3. The number of benzene rings is 2. The number of aryl methyl sites for hydroxylation is 1. The van der Waals surface area contributed by atoms with E-state index >= 15 is 0 Å². The number of rotatable bonds is 7. The van der Waals surface area contributed by atoms with E-state index in [9.17, 15) is 14.3 Å². The Bertz CT molecular complexity index is 912. The van der Waals surface area contributed by atoms with E-state index in [-0.39, 0.29) is 18.2 Å². The summed E-state index contributed by atoms with van der Waals surface area (Å²) < 4.78 is 20.7. The number of hydrogen-bond donors (Lipinski definition) is 0. The molecular formula is C18H15FN3O3S-. The Labute approximate surface area is 153 Å². The minimum absolute atomic E-state index is 0.126. The molecule has 0 unspecified atom stereocenters. The van der Waals surface area contributed by atoms with Crippen LogP contribution in [0, 0.1) is 12.7 Å². The standard InChI is InChI=1S/C18H16FN3O3S/c1-12-4-2-3-5-15(12)25-10-16-20-21-18(26-11-17(23)24)22(16)14-8-6-13(19)7-9-14/h2-9H,10-11H2,1H3,(H,23,24)/p-1. The van der Waals surface area contributed by atoms with E-state index in [1.54, 1.807) is 16.7 Å². The van der Waals surface area contributed by atoms with Gasteiger partial charge in [-0.3, -0.25) is 4.57 Å². The highest BCUT2D eigenvalue weighted by molar-refractivity contribution is 7.99. The van der Waals surface area contributed by atoms with Gasteiger partial charge in [-0.25, -0.2) is 4.39 Å². The summed E-state index contributed by atoms with van der Waals surface area (Å²) in [4.78, 5) is 10.8. The Balaban J connectivity index is 1.90. The zero-order valence-corrected chi connectivity index (χ0v) is 14.7. The molecule has 0 spiro atoms. The second-order valence-corrected chi connectivity index (χ2v) is 6.37. The highest BCUT2D eigenvalue weighted by atomic mass is 32.2. The number of para-hydroxylation sites is 1. The minimum Gasteiger partial charge on any atom is -0.549 e. The van der Waals surface area contributed by atoms with Gasteiger partial charge in [0.15, 0.2) is 11.0 Å². The normalized spacial score (nSPS) is 10.7. The van der Waals surface area contributed by atoms with Gasteiger partial charge in [-0.05, 0) is 42.8 Å². The van der Waals surface area contributed by atoms with Gasteiger partial charge in [-0.2, -0.15) is 0 Å². The minimum atomic E-state index is -1.21. The molecule has 2 aromatic carbocycles. The molecular weight excluding hydrogens is 357 g/mol. The average molecular weight is 372 g/mol. The van der Waals surface area contributed by atoms with E-state index in [4.69, 9.17) is 4.74 Å². The number of halogens is 1. The number of carboxylic acid groups (broad SMARTS) is 1. The fourth-order valence-electron chi connectivity index (χ4n) is 2.32. The second-order valence-electron chi connectivity index (χ2n) is 5.43. The van der Waals surface area contributed by atoms with Crippen LogP contribution in [0.5, 0.6) is 5.75 Å². The SMILES string of the molecule is Cc1ccccc1OCc1nnc(SCC(=O)[O-])n1-c1ccc(F)cc1. The van der Waals surface area contributed by atoms with Gasteiger partial charge in [0, 0.05) is 11.4 Å². The fourth-order valence-corrected chi connectivity index (χ4v) is 3.01. The van der Waals surface area contributed by atoms with Gasteiger partial charge >= 0.3 is 0 Å². The number of hydrogen-bond acceptors (Lipinski definition) is 6. The maximum Gasteiger partial charge on any atom is 0.196 e. The van der Waals surface area contributed by atoms with Crippen LogP contribution in [-0.2, 0) is 11.4 Å². The van der Waals surface area contributed by atoms with Crippen LogP contribution in [0.4, 0.5) is 4.39 Å². The molecule has 0 radical (unpaired) electrons. The molecule has 0 N–H and O–H groups in total. The first-order valence-corrected chi connectivity index (χ1v) is 8.74. The summed E-state index contributed by atoms with van der Waals surface area (Å²) in [5.41, 5.74) is 1.59. The van der Waals surface area contributed by atoms with Gasteiger partial charge in [0.25, 0.3) is 0 Å². The summed E-state index contributed by atoms with van der Waals surface area (Å²) in [6.07, 6.45) is 0. The first-order valence-electron chi connectivity index (χ1n) is 7.76. The summed E-state index contributed by atoms with van der Waals surface area (Å²) in [7, 11) is 0. The topological polar surface area (TPSA) is 80.1 Å². The lowest BCUT2D eigenvalue weighted by Gasteiger charge is -2.12. The highest BCUT2D eigenvalue weighted by Gasteiger charge is 2.15. The summed E-state index contributed by atoms with van der Waals surface area (Å²) in [6, 6.07) is 13.3. The average Bonchev–Trinajstić information content (AvgIpc) is 3.03. The van der Waals surface area contributed by atoms with E-state index in [1.807, 2.05) is 31.2 Å². The molecule has 0 amide bonds. The molecule has 0 saturated heterocycles. The van der Waals surface area contributed by atoms with Crippen molar-refractivity contribution in [2.75, 3.05) is 5.75 Å². The van der Waals surface area contributed by atoms with Crippen LogP contribution in [0.15, 0.2) is 53.7 Å². The predicted molar refractivity (Wildman–Crippen MR) is 92.6 cm³/mol. The molecule has 0 fully saturated rings. The Morgan fingerprint density at radius 3 is 2.62 bits per heavy atom. The summed E-state index contributed by atoms with van der Waals surface area (Å²) >= 11 is 0.978. The molecule has 6 nitrogen and oxygen atoms in total. The summed E-state index contributed by atoms with van der Waals surface area (Å²) in [5.74, 6) is -0.659. The molecule has 26 heavy (non-hydrogen) atoms. The molecule has 0 atom stereocenters. The van der Waals surface area contributed by atoms with Gasteiger partial charge in [0.1, 0.15) is 18.2 Å². The molecule has 0 aliphatic rings. The Kier molecular flexibility index (Phi) is 5.52. The largest absolute Gasteiger partial charge is 0.549 e. The smallest absolute Gasteiger partial charge is 0.196 e. The van der Waals surface area contributed by atoms with Crippen LogP contribution in [0.1, 0.15) is 11.4 Å². The summed E-state index contributed by atoms with van der Waals surface area (Å²) in [6.45, 7) is 2.06. The molecule has 134 valence electrons. The molecule has 0 saturated carbocycles. The first-order chi connectivity index (χ1) is 12.5.